The zero-order valence-corrected chi connectivity index (χ0v) is 23.0. The third-order valence-corrected chi connectivity index (χ3v) is 7.63. The number of amides is 2. The van der Waals surface area contributed by atoms with Crippen molar-refractivity contribution in [2.24, 2.45) is 0 Å². The van der Waals surface area contributed by atoms with Gasteiger partial charge in [0, 0.05) is 45.8 Å². The standard InChI is InChI=1S/C31H26N4O5S/c1-2-13-33-30(37)25-8-7-21(27(35-25)31(38)39)22-17-26-24(28-19(10-14-40-26)11-15-41-28)16-23(22)29(36)34-20-5-3-18(4-6-20)9-12-32/h3-8,11,15-17H,2,9-10,13-14H2,1H3,(H,33,37)(H,34,36)(H,38,39). The first-order chi connectivity index (χ1) is 19.9. The highest BCUT2D eigenvalue weighted by atomic mass is 32.1. The molecule has 2 aromatic carbocycles. The summed E-state index contributed by atoms with van der Waals surface area (Å²) >= 11 is 1.54. The van der Waals surface area contributed by atoms with Crippen LogP contribution in [0.5, 0.6) is 5.75 Å². The number of nitrogens with one attached hydrogen (secondary N) is 2. The summed E-state index contributed by atoms with van der Waals surface area (Å²) in [4.78, 5) is 43.8. The van der Waals surface area contributed by atoms with E-state index < -0.39 is 17.8 Å². The van der Waals surface area contributed by atoms with Crippen LogP contribution in [0.1, 0.15) is 55.8 Å². The first-order valence-corrected chi connectivity index (χ1v) is 13.9. The van der Waals surface area contributed by atoms with Gasteiger partial charge in [-0.3, -0.25) is 9.59 Å². The molecule has 0 fully saturated rings. The van der Waals surface area contributed by atoms with E-state index in [1.807, 2.05) is 18.4 Å². The Morgan fingerprint density at radius 3 is 2.59 bits per heavy atom. The number of carboxylic acid groups (broad SMARTS) is 1. The van der Waals surface area contributed by atoms with Crippen LogP contribution in [-0.2, 0) is 12.8 Å². The Balaban J connectivity index is 1.64. The molecule has 0 spiro atoms. The summed E-state index contributed by atoms with van der Waals surface area (Å²) in [6, 6.07) is 17.4. The van der Waals surface area contributed by atoms with E-state index in [4.69, 9.17) is 10.00 Å². The molecule has 3 heterocycles. The van der Waals surface area contributed by atoms with E-state index in [9.17, 15) is 19.5 Å². The molecule has 0 bridgehead atoms. The van der Waals surface area contributed by atoms with Crippen molar-refractivity contribution in [3.63, 3.8) is 0 Å². The topological polar surface area (TPSA) is 141 Å². The second-order valence-corrected chi connectivity index (χ2v) is 10.3. The average molecular weight is 567 g/mol. The van der Waals surface area contributed by atoms with Gasteiger partial charge in [0.05, 0.1) is 19.1 Å². The van der Waals surface area contributed by atoms with Gasteiger partial charge in [-0.15, -0.1) is 11.3 Å². The molecular weight excluding hydrogens is 540 g/mol. The molecule has 2 aromatic heterocycles. The Hall–Kier alpha value is -5.01. The number of rotatable bonds is 8. The Morgan fingerprint density at radius 1 is 1.05 bits per heavy atom. The van der Waals surface area contributed by atoms with E-state index in [2.05, 4.69) is 21.7 Å². The van der Waals surface area contributed by atoms with Gasteiger partial charge in [0.2, 0.25) is 0 Å². The molecule has 206 valence electrons. The third kappa shape index (κ3) is 5.81. The van der Waals surface area contributed by atoms with Crippen LogP contribution < -0.4 is 15.4 Å². The SMILES string of the molecule is CCCNC(=O)c1ccc(-c2cc3c(cc2C(=O)Nc2ccc(CC#N)cc2)-c2sccc2CCO3)c(C(=O)O)n1. The van der Waals surface area contributed by atoms with Crippen LogP contribution in [0.2, 0.25) is 0 Å². The maximum absolute atomic E-state index is 13.8. The molecule has 0 unspecified atom stereocenters. The summed E-state index contributed by atoms with van der Waals surface area (Å²) in [6.07, 6.45) is 1.67. The quantitative estimate of drug-likeness (QED) is 0.253. The molecule has 2 amide bonds. The second kappa shape index (κ2) is 12.0. The van der Waals surface area contributed by atoms with Crippen molar-refractivity contribution in [2.75, 3.05) is 18.5 Å². The van der Waals surface area contributed by atoms with Crippen LogP contribution in [0.15, 0.2) is 60.0 Å². The number of aromatic nitrogens is 1. The molecule has 1 aliphatic rings. The summed E-state index contributed by atoms with van der Waals surface area (Å²) in [5, 5.41) is 26.6. The van der Waals surface area contributed by atoms with Gasteiger partial charge in [0.1, 0.15) is 11.4 Å². The molecule has 3 N–H and O–H groups in total. The van der Waals surface area contributed by atoms with Crippen molar-refractivity contribution in [2.45, 2.75) is 26.2 Å². The highest BCUT2D eigenvalue weighted by Gasteiger charge is 2.26. The number of pyridine rings is 1. The zero-order valence-electron chi connectivity index (χ0n) is 22.2. The number of aromatic carboxylic acids is 1. The number of nitriles is 1. The summed E-state index contributed by atoms with van der Waals surface area (Å²) < 4.78 is 6.06. The predicted octanol–water partition coefficient (Wildman–Crippen LogP) is 5.57. The van der Waals surface area contributed by atoms with E-state index >= 15 is 0 Å². The van der Waals surface area contributed by atoms with Gasteiger partial charge in [-0.05, 0) is 65.4 Å². The predicted molar refractivity (Wildman–Crippen MR) is 155 cm³/mol. The third-order valence-electron chi connectivity index (χ3n) is 6.64. The number of hydrogen-bond acceptors (Lipinski definition) is 7. The smallest absolute Gasteiger partial charge is 0.355 e. The molecule has 0 saturated heterocycles. The number of carboxylic acids is 1. The van der Waals surface area contributed by atoms with E-state index in [0.717, 1.165) is 28.0 Å². The average Bonchev–Trinajstić information content (AvgIpc) is 3.37. The normalized spacial score (nSPS) is 11.7. The minimum absolute atomic E-state index is 0.0303. The molecule has 4 aromatic rings. The number of thiophene rings is 1. The number of ether oxygens (including phenoxy) is 1. The van der Waals surface area contributed by atoms with Crippen molar-refractivity contribution < 1.29 is 24.2 Å². The van der Waals surface area contributed by atoms with Crippen molar-refractivity contribution in [1.82, 2.24) is 10.3 Å². The molecule has 0 atom stereocenters. The maximum atomic E-state index is 13.8. The lowest BCUT2D eigenvalue weighted by atomic mass is 9.93. The number of fused-ring (bicyclic) bond motifs is 3. The summed E-state index contributed by atoms with van der Waals surface area (Å²) in [5.41, 5.74) is 3.52. The van der Waals surface area contributed by atoms with E-state index in [1.54, 1.807) is 47.7 Å². The Labute approximate surface area is 240 Å². The fraction of sp³-hybridized carbons (Fsp3) is 0.194. The van der Waals surface area contributed by atoms with E-state index in [0.29, 0.717) is 36.6 Å². The number of hydrogen-bond donors (Lipinski definition) is 3. The van der Waals surface area contributed by atoms with Gasteiger partial charge in [0.15, 0.2) is 5.69 Å². The number of carbonyl (C=O) groups excluding carboxylic acids is 2. The summed E-state index contributed by atoms with van der Waals surface area (Å²) in [6.45, 7) is 2.77. The van der Waals surface area contributed by atoms with Crippen LogP contribution in [0.25, 0.3) is 21.6 Å². The first kappa shape index (κ1) is 27.6. The number of carbonyl (C=O) groups is 3. The first-order valence-electron chi connectivity index (χ1n) is 13.1. The molecule has 10 heteroatoms. The van der Waals surface area contributed by atoms with Crippen LogP contribution in [-0.4, -0.2) is 41.0 Å². The van der Waals surface area contributed by atoms with Crippen molar-refractivity contribution >= 4 is 34.8 Å². The lowest BCUT2D eigenvalue weighted by molar-refractivity contribution is 0.0691. The van der Waals surface area contributed by atoms with Gasteiger partial charge < -0.3 is 20.5 Å². The monoisotopic (exact) mass is 566 g/mol. The molecule has 5 rings (SSSR count). The highest BCUT2D eigenvalue weighted by molar-refractivity contribution is 7.13. The highest BCUT2D eigenvalue weighted by Crippen LogP contribution is 2.43. The van der Waals surface area contributed by atoms with Crippen LogP contribution >= 0.6 is 11.3 Å². The molecule has 41 heavy (non-hydrogen) atoms. The summed E-state index contributed by atoms with van der Waals surface area (Å²) in [7, 11) is 0. The minimum atomic E-state index is -1.33. The van der Waals surface area contributed by atoms with Gasteiger partial charge in [0.25, 0.3) is 11.8 Å². The van der Waals surface area contributed by atoms with Crippen molar-refractivity contribution in [3.8, 4) is 33.4 Å². The van der Waals surface area contributed by atoms with Gasteiger partial charge in [-0.1, -0.05) is 19.1 Å². The Kier molecular flexibility index (Phi) is 8.08. The van der Waals surface area contributed by atoms with Crippen molar-refractivity contribution in [3.05, 3.63) is 88.1 Å². The van der Waals surface area contributed by atoms with Crippen LogP contribution in [0, 0.1) is 11.3 Å². The molecule has 0 saturated carbocycles. The Bertz CT molecular complexity index is 1690. The zero-order chi connectivity index (χ0) is 28.9. The number of nitrogens with zero attached hydrogens (tertiary/aromatic N) is 2. The van der Waals surface area contributed by atoms with Gasteiger partial charge in [-0.25, -0.2) is 9.78 Å². The number of anilines is 1. The molecule has 1 aliphatic heterocycles. The lowest BCUT2D eigenvalue weighted by Crippen LogP contribution is -2.25. The van der Waals surface area contributed by atoms with Crippen LogP contribution in [0.3, 0.4) is 0 Å². The second-order valence-electron chi connectivity index (χ2n) is 9.41. The molecular formula is C31H26N4O5S. The summed E-state index contributed by atoms with van der Waals surface area (Å²) in [5.74, 6) is -1.74. The molecule has 0 radical (unpaired) electrons. The fourth-order valence-electron chi connectivity index (χ4n) is 4.62. The maximum Gasteiger partial charge on any atom is 0.355 e. The Morgan fingerprint density at radius 2 is 1.85 bits per heavy atom. The van der Waals surface area contributed by atoms with E-state index in [1.165, 1.54) is 12.1 Å². The fourth-order valence-corrected chi connectivity index (χ4v) is 5.59. The van der Waals surface area contributed by atoms with Crippen LogP contribution in [0.4, 0.5) is 5.69 Å². The lowest BCUT2D eigenvalue weighted by Gasteiger charge is -2.17. The van der Waals surface area contributed by atoms with Gasteiger partial charge >= 0.3 is 5.97 Å². The molecule has 0 aliphatic carbocycles. The van der Waals surface area contributed by atoms with Gasteiger partial charge in [-0.2, -0.15) is 5.26 Å². The number of benzene rings is 2. The largest absolute Gasteiger partial charge is 0.493 e. The minimum Gasteiger partial charge on any atom is -0.493 e. The van der Waals surface area contributed by atoms with Crippen molar-refractivity contribution in [1.29, 1.82) is 5.26 Å². The molecule has 9 nitrogen and oxygen atoms in total. The van der Waals surface area contributed by atoms with E-state index in [-0.39, 0.29) is 28.9 Å².